The summed E-state index contributed by atoms with van der Waals surface area (Å²) < 4.78 is 33.0. The zero-order valence-electron chi connectivity index (χ0n) is 7.81. The normalized spacial score (nSPS) is 11.3. The fourth-order valence-corrected chi connectivity index (χ4v) is 1.79. The lowest BCUT2D eigenvalue weighted by Gasteiger charge is -2.00. The second-order valence-electron chi connectivity index (χ2n) is 3.06. The van der Waals surface area contributed by atoms with Crippen LogP contribution in [0.5, 0.6) is 0 Å². The molecule has 1 rings (SSSR count). The monoisotopic (exact) mass is 233 g/mol. The van der Waals surface area contributed by atoms with Crippen LogP contribution >= 0.6 is 0 Å². The molecule has 0 aliphatic carbocycles. The summed E-state index contributed by atoms with van der Waals surface area (Å²) in [5, 5.41) is 10.4. The Morgan fingerprint density at radius 3 is 2.47 bits per heavy atom. The number of hydrogen-bond donors (Lipinski definition) is 0. The topological polar surface area (TPSA) is 77.3 Å². The van der Waals surface area contributed by atoms with Gasteiger partial charge in [-0.05, 0) is 18.6 Å². The van der Waals surface area contributed by atoms with Gasteiger partial charge in [-0.1, -0.05) is 6.07 Å². The molecular weight excluding hydrogens is 225 g/mol. The van der Waals surface area contributed by atoms with Gasteiger partial charge in [-0.2, -0.15) is 8.42 Å². The molecule has 1 aromatic rings. The average molecular weight is 233 g/mol. The van der Waals surface area contributed by atoms with Crippen molar-refractivity contribution in [3.05, 3.63) is 39.4 Å². The molecule has 0 N–H and O–H groups in total. The van der Waals surface area contributed by atoms with Crippen LogP contribution in [0.1, 0.15) is 11.1 Å². The van der Waals surface area contributed by atoms with Crippen LogP contribution in [-0.4, -0.2) is 13.3 Å². The highest BCUT2D eigenvalue weighted by atomic mass is 32.3. The number of nitro groups is 1. The molecule has 0 aromatic heterocycles. The first-order valence-corrected chi connectivity index (χ1v) is 5.51. The number of hydrogen-bond acceptors (Lipinski definition) is 4. The molecule has 0 amide bonds. The number of rotatable bonds is 3. The minimum atomic E-state index is -4.60. The van der Waals surface area contributed by atoms with Gasteiger partial charge in [-0.25, -0.2) is 0 Å². The van der Waals surface area contributed by atoms with Gasteiger partial charge >= 0.3 is 10.2 Å². The lowest BCUT2D eigenvalue weighted by molar-refractivity contribution is -0.385. The molecule has 0 fully saturated rings. The lowest BCUT2D eigenvalue weighted by Crippen LogP contribution is -1.98. The summed E-state index contributed by atoms with van der Waals surface area (Å²) in [6, 6.07) is 3.67. The molecule has 15 heavy (non-hydrogen) atoms. The molecule has 0 unspecified atom stereocenters. The van der Waals surface area contributed by atoms with Crippen LogP contribution in [0.25, 0.3) is 0 Å². The number of nitrogens with zero attached hydrogens (tertiary/aromatic N) is 1. The molecule has 0 saturated heterocycles. The molecule has 0 aliphatic heterocycles. The van der Waals surface area contributed by atoms with Gasteiger partial charge in [0.15, 0.2) is 0 Å². The lowest BCUT2D eigenvalue weighted by atomic mass is 10.1. The standard InChI is InChI=1S/C8H8FNO4S/c1-6-4-7(5-15(9,13)14)2-3-8(6)10(11)12/h2-4H,5H2,1H3. The van der Waals surface area contributed by atoms with Gasteiger partial charge < -0.3 is 0 Å². The van der Waals surface area contributed by atoms with Crippen molar-refractivity contribution >= 4 is 15.9 Å². The molecule has 0 spiro atoms. The average Bonchev–Trinajstić information content (AvgIpc) is 1.99. The van der Waals surface area contributed by atoms with Crippen molar-refractivity contribution < 1.29 is 17.2 Å². The summed E-state index contributed by atoms with van der Waals surface area (Å²) in [7, 11) is -4.60. The summed E-state index contributed by atoms with van der Waals surface area (Å²) in [6.07, 6.45) is 0. The van der Waals surface area contributed by atoms with Crippen LogP contribution < -0.4 is 0 Å². The molecule has 7 heteroatoms. The van der Waals surface area contributed by atoms with Gasteiger partial charge in [0.05, 0.1) is 4.92 Å². The zero-order valence-corrected chi connectivity index (χ0v) is 8.62. The van der Waals surface area contributed by atoms with Crippen molar-refractivity contribution in [2.75, 3.05) is 0 Å². The highest BCUT2D eigenvalue weighted by molar-refractivity contribution is 7.85. The predicted octanol–water partition coefficient (Wildman–Crippen LogP) is 1.70. The first-order valence-electron chi connectivity index (χ1n) is 3.96. The molecular formula is C8H8FNO4S. The third-order valence-electron chi connectivity index (χ3n) is 1.80. The van der Waals surface area contributed by atoms with Crippen LogP contribution in [0.4, 0.5) is 9.57 Å². The van der Waals surface area contributed by atoms with Crippen molar-refractivity contribution in [3.63, 3.8) is 0 Å². The third kappa shape index (κ3) is 3.28. The Bertz CT molecular complexity index is 497. The van der Waals surface area contributed by atoms with Crippen molar-refractivity contribution in [1.29, 1.82) is 0 Å². The number of benzene rings is 1. The Morgan fingerprint density at radius 1 is 1.47 bits per heavy atom. The third-order valence-corrected chi connectivity index (χ3v) is 2.48. The molecule has 0 bridgehead atoms. The Morgan fingerprint density at radius 2 is 2.07 bits per heavy atom. The van der Waals surface area contributed by atoms with Crippen LogP contribution in [0.15, 0.2) is 18.2 Å². The number of aryl methyl sites for hydroxylation is 1. The van der Waals surface area contributed by atoms with E-state index in [1.54, 1.807) is 0 Å². The summed E-state index contributed by atoms with van der Waals surface area (Å²) in [6.45, 7) is 1.46. The molecule has 82 valence electrons. The Hall–Kier alpha value is -1.50. The summed E-state index contributed by atoms with van der Waals surface area (Å²) in [5.41, 5.74) is 0.386. The fraction of sp³-hybridized carbons (Fsp3) is 0.250. The Labute approximate surface area is 85.9 Å². The van der Waals surface area contributed by atoms with E-state index in [2.05, 4.69) is 0 Å². The minimum Gasteiger partial charge on any atom is -0.258 e. The van der Waals surface area contributed by atoms with E-state index in [1.807, 2.05) is 0 Å². The van der Waals surface area contributed by atoms with Crippen LogP contribution in [0.2, 0.25) is 0 Å². The van der Waals surface area contributed by atoms with E-state index >= 15 is 0 Å². The van der Waals surface area contributed by atoms with Gasteiger partial charge in [0.2, 0.25) is 0 Å². The van der Waals surface area contributed by atoms with Crippen LogP contribution in [0.3, 0.4) is 0 Å². The van der Waals surface area contributed by atoms with E-state index in [-0.39, 0.29) is 11.3 Å². The quantitative estimate of drug-likeness (QED) is 0.452. The first kappa shape index (κ1) is 11.6. The molecule has 5 nitrogen and oxygen atoms in total. The first-order chi connectivity index (χ1) is 6.79. The Kier molecular flexibility index (Phi) is 3.04. The SMILES string of the molecule is Cc1cc(CS(=O)(=O)F)ccc1[N+](=O)[O-]. The van der Waals surface area contributed by atoms with E-state index in [0.29, 0.717) is 5.56 Å². The molecule has 0 atom stereocenters. The van der Waals surface area contributed by atoms with E-state index in [0.717, 1.165) is 6.07 Å². The molecule has 0 aliphatic rings. The predicted molar refractivity (Wildman–Crippen MR) is 51.6 cm³/mol. The molecule has 0 saturated carbocycles. The van der Waals surface area contributed by atoms with E-state index < -0.39 is 20.9 Å². The second kappa shape index (κ2) is 3.93. The van der Waals surface area contributed by atoms with Crippen molar-refractivity contribution in [3.8, 4) is 0 Å². The van der Waals surface area contributed by atoms with Gasteiger partial charge in [0, 0.05) is 11.6 Å². The molecule has 0 radical (unpaired) electrons. The van der Waals surface area contributed by atoms with E-state index in [4.69, 9.17) is 0 Å². The van der Waals surface area contributed by atoms with Crippen LogP contribution in [0, 0.1) is 17.0 Å². The maximum atomic E-state index is 12.3. The summed E-state index contributed by atoms with van der Waals surface area (Å²) in [4.78, 5) is 9.85. The van der Waals surface area contributed by atoms with E-state index in [9.17, 15) is 22.4 Å². The smallest absolute Gasteiger partial charge is 0.258 e. The number of nitro benzene ring substituents is 1. The maximum Gasteiger partial charge on any atom is 0.306 e. The van der Waals surface area contributed by atoms with Gasteiger partial charge in [0.25, 0.3) is 5.69 Å². The highest BCUT2D eigenvalue weighted by Gasteiger charge is 2.14. The Balaban J connectivity index is 3.07. The fourth-order valence-electron chi connectivity index (χ4n) is 1.21. The largest absolute Gasteiger partial charge is 0.306 e. The van der Waals surface area contributed by atoms with Crippen molar-refractivity contribution in [1.82, 2.24) is 0 Å². The van der Waals surface area contributed by atoms with Crippen molar-refractivity contribution in [2.24, 2.45) is 0 Å². The second-order valence-corrected chi connectivity index (χ2v) is 4.43. The number of halogens is 1. The van der Waals surface area contributed by atoms with Gasteiger partial charge in [0.1, 0.15) is 5.75 Å². The molecule has 0 heterocycles. The minimum absolute atomic E-state index is 0.116. The summed E-state index contributed by atoms with van der Waals surface area (Å²) in [5.74, 6) is -0.758. The van der Waals surface area contributed by atoms with Crippen LogP contribution in [-0.2, 0) is 16.0 Å². The highest BCUT2D eigenvalue weighted by Crippen LogP contribution is 2.20. The summed E-state index contributed by atoms with van der Waals surface area (Å²) >= 11 is 0. The van der Waals surface area contributed by atoms with Crippen molar-refractivity contribution in [2.45, 2.75) is 12.7 Å². The maximum absolute atomic E-state index is 12.3. The van der Waals surface area contributed by atoms with Gasteiger partial charge in [-0.15, -0.1) is 3.89 Å². The van der Waals surface area contributed by atoms with E-state index in [1.165, 1.54) is 19.1 Å². The van der Waals surface area contributed by atoms with Gasteiger partial charge in [-0.3, -0.25) is 10.1 Å². The molecule has 1 aromatic carbocycles. The zero-order chi connectivity index (χ0) is 11.6.